The minimum absolute atomic E-state index is 0. The molecular weight excluding hydrogens is 515 g/mol. The molecule has 4 nitrogen and oxygen atoms in total. The number of phenolic OH excluding ortho intramolecular Hbond substituents is 1. The number of rotatable bonds is 21. The van der Waals surface area contributed by atoms with Gasteiger partial charge in [0.2, 0.25) is 0 Å². The van der Waals surface area contributed by atoms with Crippen molar-refractivity contribution in [1.82, 2.24) is 0 Å². The van der Waals surface area contributed by atoms with Crippen molar-refractivity contribution in [2.45, 2.75) is 134 Å². The van der Waals surface area contributed by atoms with Gasteiger partial charge in [0.25, 0.3) is 10.1 Å². The maximum absolute atomic E-state index is 11.9. The molecule has 0 bridgehead atoms. The number of hydrogen-bond acceptors (Lipinski definition) is 4. The summed E-state index contributed by atoms with van der Waals surface area (Å²) in [4.78, 5) is 0.238. The summed E-state index contributed by atoms with van der Waals surface area (Å²) in [7, 11) is -3.57. The Kier molecular flexibility index (Phi) is 25.5. The predicted molar refractivity (Wildman–Crippen MR) is 167 cm³/mol. The van der Waals surface area contributed by atoms with E-state index in [1.54, 1.807) is 36.4 Å². The van der Waals surface area contributed by atoms with Crippen LogP contribution in [0.3, 0.4) is 0 Å². The zero-order chi connectivity index (χ0) is 27.7. The maximum Gasteiger partial charge on any atom is 0.296 e. The van der Waals surface area contributed by atoms with Gasteiger partial charge < -0.3 is 5.11 Å². The summed E-state index contributed by atoms with van der Waals surface area (Å²) in [6.07, 6.45) is 22.6. The van der Waals surface area contributed by atoms with Gasteiger partial charge in [-0.05, 0) is 43.0 Å². The molecule has 0 aliphatic heterocycles. The third-order valence-corrected chi connectivity index (χ3v) is 8.14. The minimum Gasteiger partial charge on any atom is -0.508 e. The van der Waals surface area contributed by atoms with Crippen molar-refractivity contribution in [3.63, 3.8) is 0 Å². The smallest absolute Gasteiger partial charge is 0.296 e. The van der Waals surface area contributed by atoms with Crippen LogP contribution in [0.5, 0.6) is 5.75 Å². The molecular formula is C33H54NaO4S. The third kappa shape index (κ3) is 20.6. The van der Waals surface area contributed by atoms with E-state index in [4.69, 9.17) is 4.18 Å². The predicted octanol–water partition coefficient (Wildman–Crippen LogP) is 9.62. The van der Waals surface area contributed by atoms with Crippen LogP contribution in [0, 0.1) is 0 Å². The number of unbranched alkanes of at least 4 members (excludes halogenated alkanes) is 15. The van der Waals surface area contributed by atoms with E-state index >= 15 is 0 Å². The van der Waals surface area contributed by atoms with Crippen LogP contribution in [0.15, 0.2) is 59.5 Å². The van der Waals surface area contributed by atoms with Crippen LogP contribution in [0.4, 0.5) is 0 Å². The second-order valence-electron chi connectivity index (χ2n) is 10.3. The van der Waals surface area contributed by atoms with E-state index in [1.165, 1.54) is 96.3 Å². The number of phenols is 1. The Balaban J connectivity index is 0.000000756. The molecule has 6 heteroatoms. The molecule has 2 rings (SSSR count). The summed E-state index contributed by atoms with van der Waals surface area (Å²) in [5.41, 5.74) is 1.09. The molecule has 0 aliphatic rings. The van der Waals surface area contributed by atoms with E-state index < -0.39 is 10.1 Å². The molecule has 217 valence electrons. The van der Waals surface area contributed by atoms with Gasteiger partial charge in [0.15, 0.2) is 0 Å². The van der Waals surface area contributed by atoms with Crippen molar-refractivity contribution in [2.24, 2.45) is 0 Å². The monoisotopic (exact) mass is 569 g/mol. The number of hydrogen-bond donors (Lipinski definition) is 1. The maximum atomic E-state index is 11.9. The van der Waals surface area contributed by atoms with Crippen LogP contribution >= 0.6 is 0 Å². The van der Waals surface area contributed by atoms with Crippen LogP contribution in [-0.2, 0) is 20.7 Å². The van der Waals surface area contributed by atoms with Gasteiger partial charge in [-0.25, -0.2) is 0 Å². The van der Waals surface area contributed by atoms with Crippen molar-refractivity contribution in [3.8, 4) is 5.75 Å². The van der Waals surface area contributed by atoms with Crippen molar-refractivity contribution in [3.05, 3.63) is 60.2 Å². The Bertz CT molecular complexity index is 903. The molecule has 0 aromatic heterocycles. The molecule has 2 aromatic rings. The van der Waals surface area contributed by atoms with Gasteiger partial charge in [0.05, 0.1) is 11.5 Å². The zero-order valence-corrected chi connectivity index (χ0v) is 28.0. The summed E-state index contributed by atoms with van der Waals surface area (Å²) < 4.78 is 28.8. The molecule has 0 saturated carbocycles. The van der Waals surface area contributed by atoms with E-state index in [2.05, 4.69) is 13.8 Å². The van der Waals surface area contributed by atoms with E-state index in [0.717, 1.165) is 24.8 Å². The number of aromatic hydroxyl groups is 1. The summed E-state index contributed by atoms with van der Waals surface area (Å²) in [6.45, 7) is 4.77. The SMILES string of the molecule is CCCCCCCCCCCCOS(=O)(=O)c1ccccc1.CCCCCCCCCc1ccccc1O.[Na]. The van der Waals surface area contributed by atoms with E-state index in [9.17, 15) is 13.5 Å². The first kappa shape index (κ1) is 38.1. The average Bonchev–Trinajstić information content (AvgIpc) is 2.93. The largest absolute Gasteiger partial charge is 0.508 e. The Morgan fingerprint density at radius 2 is 1.03 bits per heavy atom. The van der Waals surface area contributed by atoms with Gasteiger partial charge in [0.1, 0.15) is 5.75 Å². The molecule has 0 atom stereocenters. The van der Waals surface area contributed by atoms with Crippen molar-refractivity contribution < 1.29 is 17.7 Å². The number of aryl methyl sites for hydroxylation is 1. The van der Waals surface area contributed by atoms with Gasteiger partial charge in [-0.15, -0.1) is 0 Å². The van der Waals surface area contributed by atoms with Crippen molar-refractivity contribution in [1.29, 1.82) is 0 Å². The molecule has 1 N–H and O–H groups in total. The van der Waals surface area contributed by atoms with Gasteiger partial charge in [-0.2, -0.15) is 8.42 Å². The van der Waals surface area contributed by atoms with E-state index in [0.29, 0.717) is 5.75 Å². The fourth-order valence-electron chi connectivity index (χ4n) is 4.41. The molecule has 0 fully saturated rings. The quantitative estimate of drug-likeness (QED) is 0.0923. The first-order chi connectivity index (χ1) is 18.5. The number of para-hydroxylation sites is 1. The third-order valence-electron chi connectivity index (χ3n) is 6.81. The van der Waals surface area contributed by atoms with Crippen molar-refractivity contribution in [2.75, 3.05) is 6.61 Å². The molecule has 0 spiro atoms. The Morgan fingerprint density at radius 3 is 1.54 bits per heavy atom. The molecule has 0 heterocycles. The fraction of sp³-hybridized carbons (Fsp3) is 0.636. The molecule has 0 saturated heterocycles. The average molecular weight is 570 g/mol. The van der Waals surface area contributed by atoms with Crippen LogP contribution in [0.25, 0.3) is 0 Å². The molecule has 39 heavy (non-hydrogen) atoms. The number of benzene rings is 2. The second kappa shape index (κ2) is 26.1. The van der Waals surface area contributed by atoms with E-state index in [1.807, 2.05) is 18.2 Å². The first-order valence-electron chi connectivity index (χ1n) is 15.2. The standard InChI is InChI=1S/C18H30O3S.C15H24O.Na/c1-2-3-4-5-6-7-8-9-10-14-17-21-22(19,20)18-15-12-11-13-16-18;1-2-3-4-5-6-7-8-11-14-12-9-10-13-15(14)16;/h11-13,15-16H,2-10,14,17H2,1H3;9-10,12-13,16H,2-8,11H2,1H3;. The Labute approximate surface area is 262 Å². The topological polar surface area (TPSA) is 63.6 Å². The molecule has 2 aromatic carbocycles. The summed E-state index contributed by atoms with van der Waals surface area (Å²) in [5.74, 6) is 0.452. The minimum atomic E-state index is -3.57. The molecule has 0 aliphatic carbocycles. The van der Waals surface area contributed by atoms with Crippen LogP contribution < -0.4 is 0 Å². The molecule has 0 unspecified atom stereocenters. The van der Waals surface area contributed by atoms with Gasteiger partial charge in [0, 0.05) is 29.6 Å². The van der Waals surface area contributed by atoms with Gasteiger partial charge >= 0.3 is 0 Å². The molecule has 1 radical (unpaired) electrons. The van der Waals surface area contributed by atoms with Crippen LogP contribution in [0.1, 0.15) is 129 Å². The Morgan fingerprint density at radius 1 is 0.590 bits per heavy atom. The second-order valence-corrected chi connectivity index (χ2v) is 11.9. The van der Waals surface area contributed by atoms with Crippen LogP contribution in [0.2, 0.25) is 0 Å². The summed E-state index contributed by atoms with van der Waals surface area (Å²) in [5, 5.41) is 9.58. The Hall–Kier alpha value is -0.850. The summed E-state index contributed by atoms with van der Waals surface area (Å²) >= 11 is 0. The van der Waals surface area contributed by atoms with Gasteiger partial charge in [-0.3, -0.25) is 4.18 Å². The fourth-order valence-corrected chi connectivity index (χ4v) is 5.37. The van der Waals surface area contributed by atoms with Crippen molar-refractivity contribution >= 4 is 39.7 Å². The molecule has 0 amide bonds. The first-order valence-corrected chi connectivity index (χ1v) is 16.6. The van der Waals surface area contributed by atoms with Crippen LogP contribution in [-0.4, -0.2) is 49.7 Å². The summed E-state index contributed by atoms with van der Waals surface area (Å²) in [6, 6.07) is 16.0. The van der Waals surface area contributed by atoms with Gasteiger partial charge in [-0.1, -0.05) is 147 Å². The zero-order valence-electron chi connectivity index (χ0n) is 25.2. The van der Waals surface area contributed by atoms with E-state index in [-0.39, 0.29) is 41.1 Å². The normalized spacial score (nSPS) is 10.9.